The minimum absolute atomic E-state index is 0.277. The number of nitrogens with zero attached hydrogens (tertiary/aromatic N) is 2. The van der Waals surface area contributed by atoms with Crippen LogP contribution in [0.3, 0.4) is 0 Å². The number of likely N-dealkylation sites (tertiary alicyclic amines) is 1. The second kappa shape index (κ2) is 7.65. The molecule has 6 heteroatoms. The minimum atomic E-state index is 0.277. The number of rotatable bonds is 7. The maximum Gasteiger partial charge on any atom is 0.222 e. The van der Waals surface area contributed by atoms with Gasteiger partial charge in [-0.05, 0) is 18.6 Å². The van der Waals surface area contributed by atoms with Crippen LogP contribution < -0.4 is 5.32 Å². The van der Waals surface area contributed by atoms with E-state index in [1.54, 1.807) is 23.1 Å². The maximum absolute atomic E-state index is 12.1. The summed E-state index contributed by atoms with van der Waals surface area (Å²) < 4.78 is 1.07. The zero-order chi connectivity index (χ0) is 15.2. The zero-order valence-electron chi connectivity index (χ0n) is 12.3. The van der Waals surface area contributed by atoms with Crippen LogP contribution in [0, 0.1) is 0 Å². The molecule has 1 amide bonds. The molecular formula is C16H19N3OS2. The van der Waals surface area contributed by atoms with E-state index in [4.69, 9.17) is 0 Å². The summed E-state index contributed by atoms with van der Waals surface area (Å²) in [5, 5.41) is 5.41. The van der Waals surface area contributed by atoms with Gasteiger partial charge in [0.1, 0.15) is 4.34 Å². The molecule has 0 spiro atoms. The molecule has 2 heterocycles. The van der Waals surface area contributed by atoms with Crippen LogP contribution in [-0.4, -0.2) is 40.7 Å². The number of thioether (sulfide) groups is 1. The highest BCUT2D eigenvalue weighted by molar-refractivity contribution is 8.01. The van der Waals surface area contributed by atoms with E-state index in [9.17, 15) is 4.79 Å². The van der Waals surface area contributed by atoms with Gasteiger partial charge in [0.2, 0.25) is 5.91 Å². The van der Waals surface area contributed by atoms with Gasteiger partial charge in [0.05, 0.1) is 0 Å². The van der Waals surface area contributed by atoms with Gasteiger partial charge in [-0.15, -0.1) is 11.3 Å². The monoisotopic (exact) mass is 333 g/mol. The smallest absolute Gasteiger partial charge is 0.222 e. The predicted octanol–water partition coefficient (Wildman–Crippen LogP) is 3.34. The fraction of sp³-hybridized carbons (Fsp3) is 0.375. The lowest BCUT2D eigenvalue weighted by atomic mass is 10.2. The fourth-order valence-electron chi connectivity index (χ4n) is 2.62. The van der Waals surface area contributed by atoms with Gasteiger partial charge in [-0.3, -0.25) is 4.79 Å². The molecule has 1 aliphatic rings. The Morgan fingerprint density at radius 3 is 3.00 bits per heavy atom. The van der Waals surface area contributed by atoms with Gasteiger partial charge in [0, 0.05) is 48.6 Å². The molecule has 1 fully saturated rings. The molecule has 1 aromatic heterocycles. The number of carbonyl (C=O) groups excluding carboxylic acids is 1. The summed E-state index contributed by atoms with van der Waals surface area (Å²) in [6, 6.07) is 10.4. The number of para-hydroxylation sites is 1. The predicted molar refractivity (Wildman–Crippen MR) is 92.5 cm³/mol. The SMILES string of the molecule is O=C1CC[C@H](CNc2ccccc2)N1CCSc1nccs1. The third kappa shape index (κ3) is 4.01. The van der Waals surface area contributed by atoms with E-state index in [0.717, 1.165) is 35.3 Å². The first-order chi connectivity index (χ1) is 10.8. The average molecular weight is 333 g/mol. The Bertz CT molecular complexity index is 589. The van der Waals surface area contributed by atoms with Gasteiger partial charge in [-0.1, -0.05) is 30.0 Å². The van der Waals surface area contributed by atoms with Crippen LogP contribution in [0.1, 0.15) is 12.8 Å². The summed E-state index contributed by atoms with van der Waals surface area (Å²) in [4.78, 5) is 18.3. The highest BCUT2D eigenvalue weighted by atomic mass is 32.2. The van der Waals surface area contributed by atoms with Crippen molar-refractivity contribution in [3.05, 3.63) is 41.9 Å². The molecule has 116 valence electrons. The highest BCUT2D eigenvalue weighted by Gasteiger charge is 2.30. The largest absolute Gasteiger partial charge is 0.383 e. The Kier molecular flexibility index (Phi) is 5.34. The third-order valence-electron chi connectivity index (χ3n) is 3.74. The summed E-state index contributed by atoms with van der Waals surface area (Å²) in [5.74, 6) is 1.18. The van der Waals surface area contributed by atoms with E-state index >= 15 is 0 Å². The number of benzene rings is 1. The van der Waals surface area contributed by atoms with Gasteiger partial charge in [0.15, 0.2) is 0 Å². The average Bonchev–Trinajstić information content (AvgIpc) is 3.18. The summed E-state index contributed by atoms with van der Waals surface area (Å²) in [5.41, 5.74) is 1.11. The molecule has 4 nitrogen and oxygen atoms in total. The molecule has 0 bridgehead atoms. The number of amides is 1. The first kappa shape index (κ1) is 15.4. The van der Waals surface area contributed by atoms with Crippen molar-refractivity contribution in [2.45, 2.75) is 23.2 Å². The number of thiazole rings is 1. The van der Waals surface area contributed by atoms with Crippen molar-refractivity contribution in [2.24, 2.45) is 0 Å². The zero-order valence-corrected chi connectivity index (χ0v) is 13.9. The first-order valence-corrected chi connectivity index (χ1v) is 9.30. The van der Waals surface area contributed by atoms with E-state index < -0.39 is 0 Å². The Hall–Kier alpha value is -1.53. The number of hydrogen-bond acceptors (Lipinski definition) is 5. The molecule has 0 unspecified atom stereocenters. The van der Waals surface area contributed by atoms with Crippen LogP contribution in [0.5, 0.6) is 0 Å². The van der Waals surface area contributed by atoms with Crippen LogP contribution >= 0.6 is 23.1 Å². The van der Waals surface area contributed by atoms with E-state index in [1.807, 2.05) is 34.7 Å². The molecule has 1 saturated heterocycles. The van der Waals surface area contributed by atoms with E-state index in [0.29, 0.717) is 12.5 Å². The molecule has 1 aromatic carbocycles. The summed E-state index contributed by atoms with van der Waals surface area (Å²) in [6.45, 7) is 1.61. The van der Waals surface area contributed by atoms with Gasteiger partial charge < -0.3 is 10.2 Å². The Labute approximate surface area is 138 Å². The maximum atomic E-state index is 12.1. The number of nitrogens with one attached hydrogen (secondary N) is 1. The van der Waals surface area contributed by atoms with Crippen LogP contribution in [-0.2, 0) is 4.79 Å². The molecule has 0 radical (unpaired) electrons. The summed E-state index contributed by atoms with van der Waals surface area (Å²) >= 11 is 3.38. The summed E-state index contributed by atoms with van der Waals surface area (Å²) in [7, 11) is 0. The lowest BCUT2D eigenvalue weighted by Crippen LogP contribution is -2.39. The molecule has 0 aliphatic carbocycles. The minimum Gasteiger partial charge on any atom is -0.383 e. The number of anilines is 1. The number of hydrogen-bond donors (Lipinski definition) is 1. The van der Waals surface area contributed by atoms with Gasteiger partial charge in [-0.2, -0.15) is 0 Å². The second-order valence-electron chi connectivity index (χ2n) is 5.17. The molecule has 3 rings (SSSR count). The van der Waals surface area contributed by atoms with Crippen molar-refractivity contribution in [2.75, 3.05) is 24.2 Å². The lowest BCUT2D eigenvalue weighted by Gasteiger charge is -2.25. The van der Waals surface area contributed by atoms with E-state index in [1.165, 1.54) is 0 Å². The molecule has 0 saturated carbocycles. The molecule has 22 heavy (non-hydrogen) atoms. The van der Waals surface area contributed by atoms with Gasteiger partial charge >= 0.3 is 0 Å². The van der Waals surface area contributed by atoms with E-state index in [2.05, 4.69) is 22.4 Å². The molecule has 1 N–H and O–H groups in total. The molecule has 2 aromatic rings. The second-order valence-corrected chi connectivity index (χ2v) is 7.41. The van der Waals surface area contributed by atoms with Crippen molar-refractivity contribution in [1.82, 2.24) is 9.88 Å². The Morgan fingerprint density at radius 1 is 1.36 bits per heavy atom. The first-order valence-electron chi connectivity index (χ1n) is 7.43. The van der Waals surface area contributed by atoms with Crippen LogP contribution in [0.2, 0.25) is 0 Å². The quantitative estimate of drug-likeness (QED) is 0.790. The third-order valence-corrected chi connectivity index (χ3v) is 5.68. The standard InChI is InChI=1S/C16H19N3OS2/c20-15-7-6-14(12-18-13-4-2-1-3-5-13)19(15)9-11-22-16-17-8-10-21-16/h1-5,8,10,14,18H,6-7,9,11-12H2/t14-/m1/s1. The highest BCUT2D eigenvalue weighted by Crippen LogP contribution is 2.23. The number of aromatic nitrogens is 1. The molecular weight excluding hydrogens is 314 g/mol. The lowest BCUT2D eigenvalue weighted by molar-refractivity contribution is -0.128. The van der Waals surface area contributed by atoms with Crippen LogP contribution in [0.4, 0.5) is 5.69 Å². The van der Waals surface area contributed by atoms with Crippen molar-refractivity contribution < 1.29 is 4.79 Å². The number of carbonyl (C=O) groups is 1. The van der Waals surface area contributed by atoms with Crippen molar-refractivity contribution in [3.8, 4) is 0 Å². The van der Waals surface area contributed by atoms with Crippen molar-refractivity contribution >= 4 is 34.7 Å². The normalized spacial score (nSPS) is 17.9. The van der Waals surface area contributed by atoms with Gasteiger partial charge in [-0.25, -0.2) is 4.98 Å². The Morgan fingerprint density at radius 2 is 2.23 bits per heavy atom. The molecule has 1 atom stereocenters. The van der Waals surface area contributed by atoms with Crippen LogP contribution in [0.15, 0.2) is 46.2 Å². The van der Waals surface area contributed by atoms with Crippen molar-refractivity contribution in [1.29, 1.82) is 0 Å². The van der Waals surface area contributed by atoms with Crippen molar-refractivity contribution in [3.63, 3.8) is 0 Å². The summed E-state index contributed by atoms with van der Waals surface area (Å²) in [6.07, 6.45) is 3.43. The fourth-order valence-corrected chi connectivity index (χ4v) is 4.26. The molecule has 1 aliphatic heterocycles. The van der Waals surface area contributed by atoms with Crippen LogP contribution in [0.25, 0.3) is 0 Å². The topological polar surface area (TPSA) is 45.2 Å². The van der Waals surface area contributed by atoms with E-state index in [-0.39, 0.29) is 5.91 Å². The van der Waals surface area contributed by atoms with Gasteiger partial charge in [0.25, 0.3) is 0 Å². The Balaban J connectivity index is 1.48.